The van der Waals surface area contributed by atoms with Gasteiger partial charge in [-0.3, -0.25) is 4.79 Å². The van der Waals surface area contributed by atoms with Crippen molar-refractivity contribution >= 4 is 16.0 Å². The molecule has 1 aromatic heterocycles. The van der Waals surface area contributed by atoms with Gasteiger partial charge in [0.25, 0.3) is 0 Å². The standard InChI is InChI=1S/C10H16N2O4S/c1-10(2,3)8(9(13)14)12-17(15,16)7-4-5-11-6-7/h4-6,8,11-12H,1-3H3,(H,13,14)/t8-/m0/s1. The Kier molecular flexibility index (Phi) is 3.63. The van der Waals surface area contributed by atoms with Gasteiger partial charge < -0.3 is 10.1 Å². The van der Waals surface area contributed by atoms with E-state index in [1.54, 1.807) is 20.8 Å². The van der Waals surface area contributed by atoms with Crippen molar-refractivity contribution in [2.45, 2.75) is 31.7 Å². The molecule has 0 aliphatic rings. The summed E-state index contributed by atoms with van der Waals surface area (Å²) in [6, 6.07) is 0.187. The number of hydrogen-bond donors (Lipinski definition) is 3. The van der Waals surface area contributed by atoms with E-state index in [0.29, 0.717) is 0 Å². The molecule has 96 valence electrons. The molecule has 6 nitrogen and oxygen atoms in total. The third-order valence-electron chi connectivity index (χ3n) is 2.27. The molecule has 1 heterocycles. The van der Waals surface area contributed by atoms with Crippen LogP contribution in [0.15, 0.2) is 23.4 Å². The highest BCUT2D eigenvalue weighted by molar-refractivity contribution is 7.89. The van der Waals surface area contributed by atoms with Crippen molar-refractivity contribution in [1.82, 2.24) is 9.71 Å². The Morgan fingerprint density at radius 1 is 1.47 bits per heavy atom. The quantitative estimate of drug-likeness (QED) is 0.745. The molecule has 0 unspecified atom stereocenters. The van der Waals surface area contributed by atoms with Gasteiger partial charge in [-0.15, -0.1) is 0 Å². The molecule has 0 fully saturated rings. The molecule has 0 saturated carbocycles. The van der Waals surface area contributed by atoms with Crippen molar-refractivity contribution in [1.29, 1.82) is 0 Å². The number of sulfonamides is 1. The summed E-state index contributed by atoms with van der Waals surface area (Å²) in [6.45, 7) is 4.97. The molecule has 0 radical (unpaired) electrons. The van der Waals surface area contributed by atoms with Crippen molar-refractivity contribution in [3.05, 3.63) is 18.5 Å². The zero-order valence-corrected chi connectivity index (χ0v) is 10.7. The van der Waals surface area contributed by atoms with Crippen molar-refractivity contribution in [3.63, 3.8) is 0 Å². The first kappa shape index (κ1) is 13.7. The van der Waals surface area contributed by atoms with Gasteiger partial charge in [0.05, 0.1) is 4.90 Å². The normalized spacial score (nSPS) is 14.5. The van der Waals surface area contributed by atoms with Crippen LogP contribution in [0.4, 0.5) is 0 Å². The van der Waals surface area contributed by atoms with Crippen molar-refractivity contribution in [2.24, 2.45) is 5.41 Å². The van der Waals surface area contributed by atoms with Crippen molar-refractivity contribution < 1.29 is 18.3 Å². The van der Waals surface area contributed by atoms with Crippen LogP contribution in [0.5, 0.6) is 0 Å². The molecule has 1 aromatic rings. The topological polar surface area (TPSA) is 99.3 Å². The number of carbonyl (C=O) groups is 1. The van der Waals surface area contributed by atoms with Crippen LogP contribution < -0.4 is 4.72 Å². The molecule has 0 amide bonds. The summed E-state index contributed by atoms with van der Waals surface area (Å²) >= 11 is 0. The van der Waals surface area contributed by atoms with E-state index >= 15 is 0 Å². The van der Waals surface area contributed by atoms with Crippen molar-refractivity contribution in [2.75, 3.05) is 0 Å². The van der Waals surface area contributed by atoms with E-state index in [2.05, 4.69) is 9.71 Å². The maximum Gasteiger partial charge on any atom is 0.322 e. The summed E-state index contributed by atoms with van der Waals surface area (Å²) < 4.78 is 25.9. The largest absolute Gasteiger partial charge is 0.480 e. The number of nitrogens with one attached hydrogen (secondary N) is 2. The Hall–Kier alpha value is -1.34. The summed E-state index contributed by atoms with van der Waals surface area (Å²) in [7, 11) is -3.81. The number of aromatic nitrogens is 1. The number of aromatic amines is 1. The molecular formula is C10H16N2O4S. The Morgan fingerprint density at radius 3 is 2.41 bits per heavy atom. The molecule has 7 heteroatoms. The highest BCUT2D eigenvalue weighted by atomic mass is 32.2. The summed E-state index contributed by atoms with van der Waals surface area (Å²) in [5.41, 5.74) is -0.713. The summed E-state index contributed by atoms with van der Waals surface area (Å²) in [6.07, 6.45) is 2.76. The van der Waals surface area contributed by atoms with Gasteiger partial charge in [0.1, 0.15) is 6.04 Å². The molecule has 0 aliphatic heterocycles. The summed E-state index contributed by atoms with van der Waals surface area (Å²) in [4.78, 5) is 13.7. The highest BCUT2D eigenvalue weighted by Gasteiger charge is 2.35. The van der Waals surface area contributed by atoms with Crippen LogP contribution in [0, 0.1) is 5.41 Å². The number of rotatable bonds is 4. The minimum Gasteiger partial charge on any atom is -0.480 e. The molecule has 17 heavy (non-hydrogen) atoms. The summed E-state index contributed by atoms with van der Waals surface area (Å²) in [5, 5.41) is 9.03. The highest BCUT2D eigenvalue weighted by Crippen LogP contribution is 2.21. The molecule has 1 rings (SSSR count). The Bertz CT molecular complexity index is 485. The molecule has 0 spiro atoms. The van der Waals surface area contributed by atoms with E-state index < -0.39 is 27.4 Å². The van der Waals surface area contributed by atoms with E-state index in [4.69, 9.17) is 5.11 Å². The third-order valence-corrected chi connectivity index (χ3v) is 3.69. The smallest absolute Gasteiger partial charge is 0.322 e. The molecule has 1 atom stereocenters. The average molecular weight is 260 g/mol. The van der Waals surface area contributed by atoms with Crippen molar-refractivity contribution in [3.8, 4) is 0 Å². The van der Waals surface area contributed by atoms with Crippen LogP contribution in [0.3, 0.4) is 0 Å². The van der Waals surface area contributed by atoms with E-state index in [0.717, 1.165) is 0 Å². The van der Waals surface area contributed by atoms with E-state index in [1.807, 2.05) is 0 Å². The predicted octanol–water partition coefficient (Wildman–Crippen LogP) is 0.792. The lowest BCUT2D eigenvalue weighted by molar-refractivity contribution is -0.141. The van der Waals surface area contributed by atoms with Gasteiger partial charge in [0.2, 0.25) is 10.0 Å². The van der Waals surface area contributed by atoms with Crippen LogP contribution in [0.25, 0.3) is 0 Å². The molecule has 0 saturated heterocycles. The van der Waals surface area contributed by atoms with Gasteiger partial charge in [-0.25, -0.2) is 8.42 Å². The first-order chi connectivity index (χ1) is 7.64. The second-order valence-corrected chi connectivity index (χ2v) is 6.52. The second-order valence-electron chi connectivity index (χ2n) is 4.81. The minimum atomic E-state index is -3.81. The lowest BCUT2D eigenvalue weighted by atomic mass is 9.88. The Morgan fingerprint density at radius 2 is 2.06 bits per heavy atom. The molecular weight excluding hydrogens is 244 g/mol. The maximum absolute atomic E-state index is 11.9. The fourth-order valence-corrected chi connectivity index (χ4v) is 2.67. The molecule has 0 bridgehead atoms. The monoisotopic (exact) mass is 260 g/mol. The van der Waals surface area contributed by atoms with Gasteiger partial charge in [0.15, 0.2) is 0 Å². The van der Waals surface area contributed by atoms with E-state index in [1.165, 1.54) is 18.5 Å². The van der Waals surface area contributed by atoms with Crippen LogP contribution in [-0.4, -0.2) is 30.5 Å². The van der Waals surface area contributed by atoms with E-state index in [9.17, 15) is 13.2 Å². The number of carboxylic acid groups (broad SMARTS) is 1. The number of aliphatic carboxylic acids is 1. The van der Waals surface area contributed by atoms with Crippen LogP contribution in [0.1, 0.15) is 20.8 Å². The molecule has 0 aliphatic carbocycles. The fourth-order valence-electron chi connectivity index (χ4n) is 1.30. The lowest BCUT2D eigenvalue weighted by Crippen LogP contribution is -2.48. The van der Waals surface area contributed by atoms with Crippen LogP contribution in [-0.2, 0) is 14.8 Å². The van der Waals surface area contributed by atoms with Gasteiger partial charge in [-0.1, -0.05) is 20.8 Å². The van der Waals surface area contributed by atoms with Crippen LogP contribution >= 0.6 is 0 Å². The first-order valence-electron chi connectivity index (χ1n) is 5.02. The molecule has 0 aromatic carbocycles. The Balaban J connectivity index is 3.01. The Labute approximate surface area is 100 Å². The zero-order chi connectivity index (χ0) is 13.3. The molecule has 3 N–H and O–H groups in total. The third kappa shape index (κ3) is 3.31. The maximum atomic E-state index is 11.9. The second kappa shape index (κ2) is 4.50. The van der Waals surface area contributed by atoms with E-state index in [-0.39, 0.29) is 4.90 Å². The van der Waals surface area contributed by atoms with Gasteiger partial charge in [0, 0.05) is 12.4 Å². The lowest BCUT2D eigenvalue weighted by Gasteiger charge is -2.27. The SMILES string of the molecule is CC(C)(C)[C@@H](NS(=O)(=O)c1cc[nH]c1)C(=O)O. The summed E-state index contributed by atoms with van der Waals surface area (Å²) in [5.74, 6) is -1.20. The zero-order valence-electron chi connectivity index (χ0n) is 9.89. The number of H-pyrrole nitrogens is 1. The predicted molar refractivity (Wildman–Crippen MR) is 62.0 cm³/mol. The fraction of sp³-hybridized carbons (Fsp3) is 0.500. The van der Waals surface area contributed by atoms with Gasteiger partial charge in [-0.2, -0.15) is 4.72 Å². The van der Waals surface area contributed by atoms with Gasteiger partial charge >= 0.3 is 5.97 Å². The minimum absolute atomic E-state index is 0.0213. The number of hydrogen-bond acceptors (Lipinski definition) is 3. The number of carboxylic acids is 1. The van der Waals surface area contributed by atoms with Gasteiger partial charge in [-0.05, 0) is 11.5 Å². The van der Waals surface area contributed by atoms with Crippen LogP contribution in [0.2, 0.25) is 0 Å². The first-order valence-corrected chi connectivity index (χ1v) is 6.51. The average Bonchev–Trinajstić information content (AvgIpc) is 2.65.